The summed E-state index contributed by atoms with van der Waals surface area (Å²) < 4.78 is 2.36. The van der Waals surface area contributed by atoms with Crippen LogP contribution in [0.2, 0.25) is 5.02 Å². The number of hydrogen-bond acceptors (Lipinski definition) is 2. The van der Waals surface area contributed by atoms with Crippen molar-refractivity contribution in [3.8, 4) is 0 Å². The highest BCUT2D eigenvalue weighted by Crippen LogP contribution is 2.24. The zero-order valence-electron chi connectivity index (χ0n) is 19.6. The van der Waals surface area contributed by atoms with Crippen LogP contribution in [0.4, 0.5) is 0 Å². The molecule has 0 saturated heterocycles. The first-order valence-electron chi connectivity index (χ1n) is 12.1. The number of aryl methyl sites for hydroxylation is 1. The van der Waals surface area contributed by atoms with Gasteiger partial charge in [0.05, 0.1) is 11.0 Å². The van der Waals surface area contributed by atoms with Gasteiger partial charge < -0.3 is 9.88 Å². The second-order valence-corrected chi connectivity index (χ2v) is 9.25. The number of aromatic nitrogens is 2. The molecule has 0 spiro atoms. The zero-order chi connectivity index (χ0) is 24.0. The molecular formula is C30H28ClN3O. The summed E-state index contributed by atoms with van der Waals surface area (Å²) in [4.78, 5) is 17.2. The Morgan fingerprint density at radius 3 is 2.57 bits per heavy atom. The molecule has 0 fully saturated rings. The fourth-order valence-corrected chi connectivity index (χ4v) is 4.80. The largest absolute Gasteiger partial charge is 0.352 e. The normalized spacial score (nSPS) is 11.2. The predicted octanol–water partition coefficient (Wildman–Crippen LogP) is 7.03. The highest BCUT2D eigenvalue weighted by atomic mass is 35.5. The molecule has 4 nitrogen and oxygen atoms in total. The van der Waals surface area contributed by atoms with E-state index in [1.807, 2.05) is 6.07 Å². The number of carbonyl (C=O) groups excluding carboxylic acids is 1. The van der Waals surface area contributed by atoms with E-state index in [1.165, 1.54) is 21.9 Å². The standard InChI is InChI=1S/C30H28ClN3O/c31-25-14-9-12-23(20-25)30(35)32-19-7-1-2-18-29-33-27-16-5-6-17-28(27)34(29)21-24-13-8-11-22-10-3-4-15-26(22)24/h3-6,8-17,20H,1-2,7,18-19,21H2,(H,32,35). The Labute approximate surface area is 210 Å². The van der Waals surface area contributed by atoms with Crippen molar-refractivity contribution in [3.63, 3.8) is 0 Å². The van der Waals surface area contributed by atoms with Crippen molar-refractivity contribution in [2.45, 2.75) is 32.2 Å². The van der Waals surface area contributed by atoms with Crippen LogP contribution in [0.15, 0.2) is 91.0 Å². The third-order valence-corrected chi connectivity index (χ3v) is 6.63. The fraction of sp³-hybridized carbons (Fsp3) is 0.200. The minimum atomic E-state index is -0.0793. The first-order valence-corrected chi connectivity index (χ1v) is 12.5. The Balaban J connectivity index is 1.23. The quantitative estimate of drug-likeness (QED) is 0.230. The van der Waals surface area contributed by atoms with Crippen LogP contribution in [0.5, 0.6) is 0 Å². The number of halogens is 1. The highest BCUT2D eigenvalue weighted by Gasteiger charge is 2.12. The van der Waals surface area contributed by atoms with Crippen molar-refractivity contribution in [2.24, 2.45) is 0 Å². The number of carbonyl (C=O) groups is 1. The minimum absolute atomic E-state index is 0.0793. The average Bonchev–Trinajstić information content (AvgIpc) is 3.23. The summed E-state index contributed by atoms with van der Waals surface area (Å²) in [7, 11) is 0. The third kappa shape index (κ3) is 5.39. The molecule has 5 heteroatoms. The summed E-state index contributed by atoms with van der Waals surface area (Å²) in [5, 5.41) is 6.11. The lowest BCUT2D eigenvalue weighted by Crippen LogP contribution is -2.24. The van der Waals surface area contributed by atoms with Gasteiger partial charge in [0.2, 0.25) is 0 Å². The number of para-hydroxylation sites is 2. The lowest BCUT2D eigenvalue weighted by molar-refractivity contribution is 0.0953. The molecule has 0 aliphatic rings. The molecule has 0 atom stereocenters. The van der Waals surface area contributed by atoms with Gasteiger partial charge in [-0.05, 0) is 59.5 Å². The topological polar surface area (TPSA) is 46.9 Å². The molecular weight excluding hydrogens is 454 g/mol. The Bertz CT molecular complexity index is 1470. The maximum absolute atomic E-state index is 12.3. The number of hydrogen-bond donors (Lipinski definition) is 1. The summed E-state index contributed by atoms with van der Waals surface area (Å²) in [5.41, 5.74) is 4.11. The summed E-state index contributed by atoms with van der Waals surface area (Å²) in [6, 6.07) is 30.5. The number of fused-ring (bicyclic) bond motifs is 2. The molecule has 0 radical (unpaired) electrons. The van der Waals surface area contributed by atoms with E-state index in [1.54, 1.807) is 24.3 Å². The van der Waals surface area contributed by atoms with Crippen molar-refractivity contribution in [1.82, 2.24) is 14.9 Å². The molecule has 5 rings (SSSR count). The second kappa shape index (κ2) is 10.7. The van der Waals surface area contributed by atoms with Crippen LogP contribution in [0.3, 0.4) is 0 Å². The molecule has 0 aliphatic carbocycles. The van der Waals surface area contributed by atoms with Crippen LogP contribution >= 0.6 is 11.6 Å². The van der Waals surface area contributed by atoms with Gasteiger partial charge in [0.15, 0.2) is 0 Å². The van der Waals surface area contributed by atoms with Crippen LogP contribution in [0.1, 0.15) is 41.0 Å². The molecule has 1 aromatic heterocycles. The Kier molecular flexibility index (Phi) is 7.10. The molecule has 5 aromatic rings. The Hall–Kier alpha value is -3.63. The van der Waals surface area contributed by atoms with Gasteiger partial charge in [-0.3, -0.25) is 4.79 Å². The maximum Gasteiger partial charge on any atom is 0.251 e. The summed E-state index contributed by atoms with van der Waals surface area (Å²) in [5.74, 6) is 1.03. The van der Waals surface area contributed by atoms with E-state index >= 15 is 0 Å². The van der Waals surface area contributed by atoms with Gasteiger partial charge in [0, 0.05) is 30.1 Å². The van der Waals surface area contributed by atoms with E-state index < -0.39 is 0 Å². The minimum Gasteiger partial charge on any atom is -0.352 e. The molecule has 1 heterocycles. The van der Waals surface area contributed by atoms with Gasteiger partial charge in [-0.25, -0.2) is 4.98 Å². The van der Waals surface area contributed by atoms with Crippen molar-refractivity contribution >= 4 is 39.3 Å². The van der Waals surface area contributed by atoms with E-state index in [0.29, 0.717) is 17.1 Å². The lowest BCUT2D eigenvalue weighted by Gasteiger charge is -2.12. The molecule has 0 saturated carbocycles. The molecule has 35 heavy (non-hydrogen) atoms. The monoisotopic (exact) mass is 481 g/mol. The zero-order valence-corrected chi connectivity index (χ0v) is 20.3. The number of nitrogens with one attached hydrogen (secondary N) is 1. The van der Waals surface area contributed by atoms with E-state index in [4.69, 9.17) is 16.6 Å². The second-order valence-electron chi connectivity index (χ2n) is 8.82. The van der Waals surface area contributed by atoms with Crippen LogP contribution in [0, 0.1) is 0 Å². The Morgan fingerprint density at radius 1 is 0.857 bits per heavy atom. The average molecular weight is 482 g/mol. The number of amides is 1. The SMILES string of the molecule is O=C(NCCCCCc1nc2ccccc2n1Cc1cccc2ccccc12)c1cccc(Cl)c1. The molecule has 0 unspecified atom stereocenters. The van der Waals surface area contributed by atoms with Crippen LogP contribution in [-0.2, 0) is 13.0 Å². The van der Waals surface area contributed by atoms with Gasteiger partial charge >= 0.3 is 0 Å². The maximum atomic E-state index is 12.3. The van der Waals surface area contributed by atoms with E-state index in [2.05, 4.69) is 70.5 Å². The van der Waals surface area contributed by atoms with Crippen molar-refractivity contribution < 1.29 is 4.79 Å². The molecule has 4 aromatic carbocycles. The van der Waals surface area contributed by atoms with Crippen LogP contribution < -0.4 is 5.32 Å². The van der Waals surface area contributed by atoms with Crippen LogP contribution in [0.25, 0.3) is 21.8 Å². The number of nitrogens with zero attached hydrogens (tertiary/aromatic N) is 2. The fourth-order valence-electron chi connectivity index (χ4n) is 4.61. The molecule has 0 aliphatic heterocycles. The number of unbranched alkanes of at least 4 members (excludes halogenated alkanes) is 2. The highest BCUT2D eigenvalue weighted by molar-refractivity contribution is 6.30. The summed E-state index contributed by atoms with van der Waals surface area (Å²) >= 11 is 5.98. The first kappa shape index (κ1) is 23.1. The van der Waals surface area contributed by atoms with Crippen molar-refractivity contribution in [2.75, 3.05) is 6.54 Å². The van der Waals surface area contributed by atoms with Gasteiger partial charge in [-0.15, -0.1) is 0 Å². The molecule has 1 amide bonds. The summed E-state index contributed by atoms with van der Waals surface area (Å²) in [6.07, 6.45) is 3.87. The predicted molar refractivity (Wildman–Crippen MR) is 144 cm³/mol. The smallest absolute Gasteiger partial charge is 0.251 e. The van der Waals surface area contributed by atoms with Crippen molar-refractivity contribution in [3.05, 3.63) is 113 Å². The first-order chi connectivity index (χ1) is 17.2. The van der Waals surface area contributed by atoms with Gasteiger partial charge in [0.1, 0.15) is 5.82 Å². The number of rotatable bonds is 9. The van der Waals surface area contributed by atoms with Crippen molar-refractivity contribution in [1.29, 1.82) is 0 Å². The third-order valence-electron chi connectivity index (χ3n) is 6.39. The van der Waals surface area contributed by atoms with Crippen LogP contribution in [-0.4, -0.2) is 22.0 Å². The molecule has 176 valence electrons. The van der Waals surface area contributed by atoms with Gasteiger partial charge in [-0.2, -0.15) is 0 Å². The Morgan fingerprint density at radius 2 is 1.66 bits per heavy atom. The van der Waals surface area contributed by atoms with E-state index in [-0.39, 0.29) is 5.91 Å². The van der Waals surface area contributed by atoms with E-state index in [9.17, 15) is 4.79 Å². The number of imidazole rings is 1. The molecule has 1 N–H and O–H groups in total. The lowest BCUT2D eigenvalue weighted by atomic mass is 10.0. The van der Waals surface area contributed by atoms with Gasteiger partial charge in [-0.1, -0.05) is 78.7 Å². The number of benzene rings is 4. The summed E-state index contributed by atoms with van der Waals surface area (Å²) in [6.45, 7) is 1.45. The van der Waals surface area contributed by atoms with Gasteiger partial charge in [0.25, 0.3) is 5.91 Å². The van der Waals surface area contributed by atoms with E-state index in [0.717, 1.165) is 43.6 Å². The molecule has 0 bridgehead atoms.